The van der Waals surface area contributed by atoms with E-state index in [1.54, 1.807) is 0 Å². The largest absolute Gasteiger partial charge is 0.472 e. The molecule has 1 saturated carbocycles. The fourth-order valence-corrected chi connectivity index (χ4v) is 7.00. The molecular formula is C18H23N4O14P. The highest BCUT2D eigenvalue weighted by atomic mass is 31.2. The lowest BCUT2D eigenvalue weighted by molar-refractivity contribution is -0.200. The van der Waals surface area contributed by atoms with E-state index >= 15 is 0 Å². The quantitative estimate of drug-likeness (QED) is 0.151. The Bertz CT molecular complexity index is 1110. The summed E-state index contributed by atoms with van der Waals surface area (Å²) < 4.78 is 33.7. The van der Waals surface area contributed by atoms with Crippen LogP contribution in [0.15, 0.2) is 0 Å². The fourth-order valence-electron chi connectivity index (χ4n) is 6.04. The van der Waals surface area contributed by atoms with Crippen LogP contribution in [0.2, 0.25) is 0 Å². The van der Waals surface area contributed by atoms with E-state index in [0.717, 1.165) is 9.80 Å². The number of aliphatic hydroxyl groups is 4. The minimum atomic E-state index is -5.02. The van der Waals surface area contributed by atoms with Gasteiger partial charge < -0.3 is 34.8 Å². The minimum Gasteiger partial charge on any atom is -0.394 e. The zero-order valence-corrected chi connectivity index (χ0v) is 19.5. The van der Waals surface area contributed by atoms with Gasteiger partial charge in [0.15, 0.2) is 12.5 Å². The summed E-state index contributed by atoms with van der Waals surface area (Å²) in [6.45, 7) is -1.63. The first-order valence-electron chi connectivity index (χ1n) is 11.3. The van der Waals surface area contributed by atoms with Crippen LogP contribution in [0.25, 0.3) is 0 Å². The third-order valence-electron chi connectivity index (χ3n) is 7.68. The molecular weight excluding hydrogens is 527 g/mol. The van der Waals surface area contributed by atoms with Crippen molar-refractivity contribution in [2.24, 2.45) is 11.8 Å². The van der Waals surface area contributed by atoms with Crippen LogP contribution in [0, 0.1) is 11.8 Å². The number of nitrogens with zero attached hydrogens (tertiary/aromatic N) is 2. The summed E-state index contributed by atoms with van der Waals surface area (Å²) in [4.78, 5) is 63.4. The lowest BCUT2D eigenvalue weighted by Crippen LogP contribution is -2.85. The van der Waals surface area contributed by atoms with Gasteiger partial charge in [0.2, 0.25) is 11.8 Å². The molecule has 6 rings (SSSR count). The van der Waals surface area contributed by atoms with Gasteiger partial charge >= 0.3 is 19.9 Å². The van der Waals surface area contributed by atoms with Gasteiger partial charge in [-0.2, -0.15) is 0 Å². The second-order valence-electron chi connectivity index (χ2n) is 9.55. The Balaban J connectivity index is 1.48. The van der Waals surface area contributed by atoms with Crippen LogP contribution in [0.1, 0.15) is 0 Å². The highest BCUT2D eigenvalue weighted by molar-refractivity contribution is 7.47. The summed E-state index contributed by atoms with van der Waals surface area (Å²) in [5.41, 5.74) is 0. The number of urea groups is 2. The molecule has 18 nitrogen and oxygen atoms in total. The number of phosphoric ester groups is 1. The first-order valence-corrected chi connectivity index (χ1v) is 12.8. The average molecular weight is 550 g/mol. The van der Waals surface area contributed by atoms with Crippen molar-refractivity contribution in [3.05, 3.63) is 0 Å². The van der Waals surface area contributed by atoms with Crippen LogP contribution in [0.5, 0.6) is 0 Å². The molecule has 19 heteroatoms. The van der Waals surface area contributed by atoms with Crippen molar-refractivity contribution in [3.8, 4) is 0 Å². The third kappa shape index (κ3) is 3.49. The Labute approximate surface area is 206 Å². The maximum atomic E-state index is 13.0. The van der Waals surface area contributed by atoms with Crippen LogP contribution in [0.4, 0.5) is 9.59 Å². The molecule has 0 aromatic heterocycles. The smallest absolute Gasteiger partial charge is 0.394 e. The first kappa shape index (κ1) is 25.1. The summed E-state index contributed by atoms with van der Waals surface area (Å²) >= 11 is 0. The lowest BCUT2D eigenvalue weighted by atomic mass is 9.60. The normalized spacial score (nSPS) is 51.2. The van der Waals surface area contributed by atoms with E-state index in [9.17, 15) is 49.1 Å². The summed E-state index contributed by atoms with van der Waals surface area (Å²) in [6.07, 6.45) is -13.2. The van der Waals surface area contributed by atoms with Gasteiger partial charge in [0, 0.05) is 0 Å². The van der Waals surface area contributed by atoms with Crippen molar-refractivity contribution >= 4 is 31.7 Å². The Kier molecular flexibility index (Phi) is 5.67. The summed E-state index contributed by atoms with van der Waals surface area (Å²) in [5.74, 6) is -4.09. The number of fused-ring (bicyclic) bond motifs is 7. The van der Waals surface area contributed by atoms with E-state index < -0.39 is 118 Å². The van der Waals surface area contributed by atoms with E-state index in [0.29, 0.717) is 0 Å². The van der Waals surface area contributed by atoms with Crippen LogP contribution in [-0.2, 0) is 32.7 Å². The molecule has 5 aliphatic heterocycles. The maximum absolute atomic E-state index is 13.0. The molecule has 13 atom stereocenters. The molecule has 0 spiro atoms. The van der Waals surface area contributed by atoms with Gasteiger partial charge in [-0.1, -0.05) is 0 Å². The standard InChI is InChI=1S/C18H23N4O14P/c23-1-3-12-11(26)16(34-3)22-8-6(14(28)20-18(22)30)5-7(8)21(17(29)19-13(5)27)15-10(25)9(24)4(35-15)2-33-37(31,32)36-12/h3-12,15-16,23-26H,1-2H2,(H,31,32)(H,19,27,29)(H,20,28,30)/t3-,4-,5+,6+,7+,8+,9?,10?,11?,12?,15+,16+/m0/s1. The van der Waals surface area contributed by atoms with Gasteiger partial charge in [-0.05, 0) is 0 Å². The average Bonchev–Trinajstić information content (AvgIpc) is 3.26. The molecule has 7 N–H and O–H groups in total. The van der Waals surface area contributed by atoms with E-state index in [-0.39, 0.29) is 0 Å². The van der Waals surface area contributed by atoms with Crippen LogP contribution < -0.4 is 10.6 Å². The summed E-state index contributed by atoms with van der Waals surface area (Å²) in [5, 5.41) is 46.0. The van der Waals surface area contributed by atoms with Gasteiger partial charge in [-0.15, -0.1) is 0 Å². The number of aliphatic hydroxyl groups excluding tert-OH is 4. The van der Waals surface area contributed by atoms with E-state index in [2.05, 4.69) is 10.6 Å². The van der Waals surface area contributed by atoms with E-state index in [1.165, 1.54) is 0 Å². The Morgan fingerprint density at radius 3 is 1.95 bits per heavy atom. The molecule has 0 aromatic carbocycles. The molecule has 5 heterocycles. The Morgan fingerprint density at radius 2 is 1.41 bits per heavy atom. The Morgan fingerprint density at radius 1 is 0.865 bits per heavy atom. The number of hydrogen-bond acceptors (Lipinski definition) is 13. The molecule has 37 heavy (non-hydrogen) atoms. The molecule has 4 bridgehead atoms. The zero-order chi connectivity index (χ0) is 26.5. The van der Waals surface area contributed by atoms with Crippen LogP contribution in [0.3, 0.4) is 0 Å². The molecule has 5 unspecified atom stereocenters. The maximum Gasteiger partial charge on any atom is 0.472 e. The number of nitrogens with one attached hydrogen (secondary N) is 2. The topological polar surface area (TPSA) is 254 Å². The van der Waals surface area contributed by atoms with Crippen LogP contribution in [-0.4, -0.2) is 133 Å². The van der Waals surface area contributed by atoms with Crippen LogP contribution >= 0.6 is 7.82 Å². The second-order valence-corrected chi connectivity index (χ2v) is 11.0. The molecule has 6 fully saturated rings. The van der Waals surface area contributed by atoms with Crippen molar-refractivity contribution in [1.82, 2.24) is 20.4 Å². The van der Waals surface area contributed by atoms with Gasteiger partial charge in [0.05, 0.1) is 37.1 Å². The summed E-state index contributed by atoms with van der Waals surface area (Å²) in [6, 6.07) is -4.68. The predicted octanol–water partition coefficient (Wildman–Crippen LogP) is -4.89. The van der Waals surface area contributed by atoms with E-state index in [1.807, 2.05) is 0 Å². The number of imide groups is 2. The predicted molar refractivity (Wildman–Crippen MR) is 108 cm³/mol. The van der Waals surface area contributed by atoms with Crippen molar-refractivity contribution < 1.29 is 67.6 Å². The van der Waals surface area contributed by atoms with Crippen molar-refractivity contribution in [1.29, 1.82) is 0 Å². The highest BCUT2D eigenvalue weighted by Gasteiger charge is 2.71. The summed E-state index contributed by atoms with van der Waals surface area (Å²) in [7, 11) is -5.02. The van der Waals surface area contributed by atoms with Crippen molar-refractivity contribution in [2.45, 2.75) is 61.2 Å². The molecule has 0 radical (unpaired) electrons. The highest BCUT2D eigenvalue weighted by Crippen LogP contribution is 2.52. The zero-order valence-electron chi connectivity index (χ0n) is 18.6. The van der Waals surface area contributed by atoms with Gasteiger partial charge in [-0.25, -0.2) is 14.2 Å². The number of carbonyl (C=O) groups excluding carboxylic acids is 4. The number of carbonyl (C=O) groups is 4. The SMILES string of the molecule is O=C1NC(=O)N2[C@@H]3[C@H]1[C@H]1C(=O)NC(=O)N([C@H]13)[C@@H]1O[C@@H](CO)C(OP(=O)(O)OC[C@@H]3O[C@@H]2C(O)C3O)C1O. The number of rotatable bonds is 1. The van der Waals surface area contributed by atoms with Crippen molar-refractivity contribution in [3.63, 3.8) is 0 Å². The fraction of sp³-hybridized carbons (Fsp3) is 0.778. The first-order chi connectivity index (χ1) is 17.4. The van der Waals surface area contributed by atoms with E-state index in [4.69, 9.17) is 18.5 Å². The minimum absolute atomic E-state index is 0.805. The lowest BCUT2D eigenvalue weighted by Gasteiger charge is -2.62. The number of ether oxygens (including phenoxy) is 2. The van der Waals surface area contributed by atoms with Gasteiger partial charge in [0.1, 0.15) is 36.6 Å². The second kappa shape index (κ2) is 8.37. The molecule has 1 aliphatic carbocycles. The molecule has 5 saturated heterocycles. The molecule has 204 valence electrons. The van der Waals surface area contributed by atoms with Crippen molar-refractivity contribution in [2.75, 3.05) is 13.2 Å². The monoisotopic (exact) mass is 550 g/mol. The van der Waals surface area contributed by atoms with Gasteiger partial charge in [0.25, 0.3) is 0 Å². The molecule has 6 aliphatic rings. The third-order valence-corrected chi connectivity index (χ3v) is 8.67. The number of hydrogen-bond donors (Lipinski definition) is 7. The van der Waals surface area contributed by atoms with Gasteiger partial charge in [-0.3, -0.25) is 39.1 Å². The molecule has 6 amide bonds. The molecule has 0 aromatic rings. The number of phosphoric acid groups is 1. The number of amides is 6. The Hall–Kier alpha value is -2.25.